The molecular formula is C17H18F3N3O2S. The molecule has 1 aromatic heterocycles. The number of hydrogen-bond donors (Lipinski definition) is 0. The maximum absolute atomic E-state index is 12.6. The highest BCUT2D eigenvalue weighted by Crippen LogP contribution is 2.34. The summed E-state index contributed by atoms with van der Waals surface area (Å²) in [5, 5.41) is 11.4. The number of nitro groups is 1. The molecule has 0 saturated carbocycles. The zero-order chi connectivity index (χ0) is 19.3. The fraction of sp³-hybridized carbons (Fsp3) is 0.353. The topological polar surface area (TPSA) is 59.3 Å². The minimum atomic E-state index is -4.43. The van der Waals surface area contributed by atoms with Crippen LogP contribution in [0, 0.1) is 10.1 Å². The van der Waals surface area contributed by atoms with Crippen molar-refractivity contribution in [1.29, 1.82) is 0 Å². The van der Waals surface area contributed by atoms with Crippen LogP contribution in [0.5, 0.6) is 0 Å². The summed E-state index contributed by atoms with van der Waals surface area (Å²) in [5.74, 6) is 0. The number of halogens is 3. The van der Waals surface area contributed by atoms with Crippen molar-refractivity contribution in [3.05, 3.63) is 57.8 Å². The summed E-state index contributed by atoms with van der Waals surface area (Å²) in [7, 11) is 3.88. The first-order chi connectivity index (χ1) is 12.2. The van der Waals surface area contributed by atoms with E-state index in [4.69, 9.17) is 0 Å². The van der Waals surface area contributed by atoms with Crippen LogP contribution in [0.4, 0.5) is 18.9 Å². The summed E-state index contributed by atoms with van der Waals surface area (Å²) in [6.07, 6.45) is -2.20. The van der Waals surface area contributed by atoms with Crippen molar-refractivity contribution in [1.82, 2.24) is 9.88 Å². The van der Waals surface area contributed by atoms with Crippen molar-refractivity contribution in [2.75, 3.05) is 20.6 Å². The molecule has 0 aliphatic rings. The number of aromatic nitrogens is 1. The van der Waals surface area contributed by atoms with Crippen LogP contribution in [0.1, 0.15) is 17.5 Å². The average molecular weight is 385 g/mol. The summed E-state index contributed by atoms with van der Waals surface area (Å²) < 4.78 is 37.9. The first kappa shape index (κ1) is 20.2. The van der Waals surface area contributed by atoms with Gasteiger partial charge in [0, 0.05) is 23.2 Å². The van der Waals surface area contributed by atoms with E-state index in [0.29, 0.717) is 11.4 Å². The lowest BCUT2D eigenvalue weighted by Gasteiger charge is -2.12. The van der Waals surface area contributed by atoms with Crippen LogP contribution < -0.4 is 0 Å². The van der Waals surface area contributed by atoms with Crippen LogP contribution in [0.2, 0.25) is 0 Å². The fourth-order valence-corrected chi connectivity index (χ4v) is 3.18. The standard InChI is InChI=1S/C17H18F3N3O2S/c1-22(2)9-3-4-12-10-14(23(24)25)6-7-15(12)26-16-8-5-13(11-21-16)17(18,19)20/h5-8,10-11H,3-4,9H2,1-2H3. The molecule has 0 saturated heterocycles. The van der Waals surface area contributed by atoms with E-state index in [1.807, 2.05) is 19.0 Å². The highest BCUT2D eigenvalue weighted by molar-refractivity contribution is 7.99. The second kappa shape index (κ2) is 8.50. The Morgan fingerprint density at radius 3 is 2.50 bits per heavy atom. The number of non-ortho nitro benzene ring substituents is 1. The molecule has 0 aliphatic heterocycles. The molecule has 9 heteroatoms. The van der Waals surface area contributed by atoms with Gasteiger partial charge in [-0.15, -0.1) is 0 Å². The normalized spacial score (nSPS) is 11.8. The molecule has 2 aromatic rings. The van der Waals surface area contributed by atoms with Gasteiger partial charge in [-0.1, -0.05) is 11.8 Å². The lowest BCUT2D eigenvalue weighted by Crippen LogP contribution is -2.13. The molecule has 0 fully saturated rings. The van der Waals surface area contributed by atoms with Crippen LogP contribution >= 0.6 is 11.8 Å². The number of rotatable bonds is 7. The summed E-state index contributed by atoms with van der Waals surface area (Å²) >= 11 is 1.20. The minimum Gasteiger partial charge on any atom is -0.309 e. The Bertz CT molecular complexity index is 765. The molecule has 140 valence electrons. The van der Waals surface area contributed by atoms with Crippen molar-refractivity contribution in [2.45, 2.75) is 28.9 Å². The maximum atomic E-state index is 12.6. The SMILES string of the molecule is CN(C)CCCc1cc([N+](=O)[O-])ccc1Sc1ccc(C(F)(F)F)cn1. The molecule has 0 amide bonds. The van der Waals surface area contributed by atoms with E-state index in [1.54, 1.807) is 6.07 Å². The first-order valence-electron chi connectivity index (χ1n) is 7.80. The average Bonchev–Trinajstić information content (AvgIpc) is 2.55. The number of alkyl halides is 3. The predicted octanol–water partition coefficient (Wildman–Crippen LogP) is 4.65. The van der Waals surface area contributed by atoms with Crippen LogP contribution in [-0.2, 0) is 12.6 Å². The lowest BCUT2D eigenvalue weighted by atomic mass is 10.1. The van der Waals surface area contributed by atoms with Crippen LogP contribution in [0.25, 0.3) is 0 Å². The number of hydrogen-bond acceptors (Lipinski definition) is 5. The van der Waals surface area contributed by atoms with Crippen molar-refractivity contribution >= 4 is 17.4 Å². The molecule has 0 aliphatic carbocycles. The van der Waals surface area contributed by atoms with Gasteiger partial charge in [-0.2, -0.15) is 13.2 Å². The monoisotopic (exact) mass is 385 g/mol. The van der Waals surface area contributed by atoms with E-state index in [-0.39, 0.29) is 5.69 Å². The number of nitrogens with zero attached hydrogens (tertiary/aromatic N) is 3. The van der Waals surface area contributed by atoms with Crippen LogP contribution in [0.15, 0.2) is 46.5 Å². The largest absolute Gasteiger partial charge is 0.417 e. The van der Waals surface area contributed by atoms with Crippen molar-refractivity contribution in [2.24, 2.45) is 0 Å². The lowest BCUT2D eigenvalue weighted by molar-refractivity contribution is -0.385. The van der Waals surface area contributed by atoms with Gasteiger partial charge in [0.05, 0.1) is 10.5 Å². The second-order valence-corrected chi connectivity index (χ2v) is 7.00. The second-order valence-electron chi connectivity index (χ2n) is 5.94. The Balaban J connectivity index is 2.22. The Morgan fingerprint density at radius 2 is 1.96 bits per heavy atom. The summed E-state index contributed by atoms with van der Waals surface area (Å²) in [6, 6.07) is 6.81. The van der Waals surface area contributed by atoms with Gasteiger partial charge >= 0.3 is 6.18 Å². The molecule has 0 bridgehead atoms. The number of aryl methyl sites for hydroxylation is 1. The summed E-state index contributed by atoms with van der Waals surface area (Å²) in [4.78, 5) is 17.2. The fourth-order valence-electron chi connectivity index (χ4n) is 2.28. The van der Waals surface area contributed by atoms with Gasteiger partial charge in [0.2, 0.25) is 0 Å². The number of nitro benzene ring substituents is 1. The quantitative estimate of drug-likeness (QED) is 0.513. The van der Waals surface area contributed by atoms with Crippen molar-refractivity contribution in [3.8, 4) is 0 Å². The maximum Gasteiger partial charge on any atom is 0.417 e. The first-order valence-corrected chi connectivity index (χ1v) is 8.61. The third kappa shape index (κ3) is 5.70. The third-order valence-electron chi connectivity index (χ3n) is 3.58. The van der Waals surface area contributed by atoms with Gasteiger partial charge in [-0.3, -0.25) is 10.1 Å². The number of pyridine rings is 1. The molecular weight excluding hydrogens is 367 g/mol. The van der Waals surface area contributed by atoms with Crippen LogP contribution in [0.3, 0.4) is 0 Å². The van der Waals surface area contributed by atoms with Gasteiger partial charge in [-0.05, 0) is 57.2 Å². The van der Waals surface area contributed by atoms with Crippen molar-refractivity contribution in [3.63, 3.8) is 0 Å². The Kier molecular flexibility index (Phi) is 6.60. The molecule has 0 spiro atoms. The van der Waals surface area contributed by atoms with E-state index < -0.39 is 16.7 Å². The third-order valence-corrected chi connectivity index (χ3v) is 4.65. The van der Waals surface area contributed by atoms with Gasteiger partial charge in [0.1, 0.15) is 5.03 Å². The zero-order valence-corrected chi connectivity index (χ0v) is 15.1. The molecule has 0 atom stereocenters. The zero-order valence-electron chi connectivity index (χ0n) is 14.3. The molecule has 0 unspecified atom stereocenters. The van der Waals surface area contributed by atoms with Gasteiger partial charge in [-0.25, -0.2) is 4.98 Å². The Morgan fingerprint density at radius 1 is 1.23 bits per heavy atom. The Labute approximate surface area is 153 Å². The van der Waals surface area contributed by atoms with Gasteiger partial charge < -0.3 is 4.90 Å². The highest BCUT2D eigenvalue weighted by Gasteiger charge is 2.30. The summed E-state index contributed by atoms with van der Waals surface area (Å²) in [5.41, 5.74) is -0.0286. The molecule has 0 radical (unpaired) electrons. The van der Waals surface area contributed by atoms with E-state index in [0.717, 1.165) is 35.7 Å². The molecule has 5 nitrogen and oxygen atoms in total. The summed E-state index contributed by atoms with van der Waals surface area (Å²) in [6.45, 7) is 0.825. The van der Waals surface area contributed by atoms with E-state index in [2.05, 4.69) is 4.98 Å². The van der Waals surface area contributed by atoms with E-state index in [1.165, 1.54) is 30.0 Å². The van der Waals surface area contributed by atoms with E-state index >= 15 is 0 Å². The molecule has 1 heterocycles. The van der Waals surface area contributed by atoms with Gasteiger partial charge in [0.15, 0.2) is 0 Å². The molecule has 1 aromatic carbocycles. The molecule has 2 rings (SSSR count). The highest BCUT2D eigenvalue weighted by atomic mass is 32.2. The number of benzene rings is 1. The Hall–Kier alpha value is -2.13. The van der Waals surface area contributed by atoms with Crippen molar-refractivity contribution < 1.29 is 18.1 Å². The molecule has 26 heavy (non-hydrogen) atoms. The smallest absolute Gasteiger partial charge is 0.309 e. The van der Waals surface area contributed by atoms with Gasteiger partial charge in [0.25, 0.3) is 5.69 Å². The van der Waals surface area contributed by atoms with E-state index in [9.17, 15) is 23.3 Å². The molecule has 0 N–H and O–H groups in total. The minimum absolute atomic E-state index is 0.00502. The predicted molar refractivity (Wildman–Crippen MR) is 93.3 cm³/mol. The van der Waals surface area contributed by atoms with Crippen LogP contribution in [-0.4, -0.2) is 35.4 Å².